The van der Waals surface area contributed by atoms with Crippen LogP contribution in [0.5, 0.6) is 5.75 Å². The number of nitrogens with zero attached hydrogens (tertiary/aromatic N) is 1. The Balaban J connectivity index is 1.38. The molecule has 2 unspecified atom stereocenters. The van der Waals surface area contributed by atoms with Gasteiger partial charge in [-0.1, -0.05) is 12.1 Å². The monoisotopic (exact) mass is 510 g/mol. The first-order valence-corrected chi connectivity index (χ1v) is 14.3. The van der Waals surface area contributed by atoms with Crippen molar-refractivity contribution in [3.8, 4) is 17.1 Å². The highest BCUT2D eigenvalue weighted by molar-refractivity contribution is 7.92. The Hall–Kier alpha value is -2.68. The molecule has 0 radical (unpaired) electrons. The van der Waals surface area contributed by atoms with Gasteiger partial charge in [-0.15, -0.1) is 0 Å². The summed E-state index contributed by atoms with van der Waals surface area (Å²) in [5, 5.41) is 9.20. The Morgan fingerprint density at radius 3 is 2.44 bits per heavy atom. The van der Waals surface area contributed by atoms with Crippen molar-refractivity contribution >= 4 is 9.84 Å². The molecule has 36 heavy (non-hydrogen) atoms. The number of pyridine rings is 1. The summed E-state index contributed by atoms with van der Waals surface area (Å²) < 4.78 is 36.4. The number of nitrogens with one attached hydrogen (secondary N) is 1. The molecule has 0 bridgehead atoms. The van der Waals surface area contributed by atoms with E-state index >= 15 is 0 Å². The van der Waals surface area contributed by atoms with Crippen molar-refractivity contribution < 1.29 is 23.0 Å². The predicted octanol–water partition coefficient (Wildman–Crippen LogP) is 4.72. The first-order valence-electron chi connectivity index (χ1n) is 12.8. The molecule has 8 heteroatoms. The van der Waals surface area contributed by atoms with Crippen LogP contribution in [0.4, 0.5) is 0 Å². The quantitative estimate of drug-likeness (QED) is 0.409. The number of hydrogen-bond donors (Lipinski definition) is 2. The van der Waals surface area contributed by atoms with Crippen LogP contribution in [-0.2, 0) is 14.6 Å². The number of aromatic amines is 1. The summed E-state index contributed by atoms with van der Waals surface area (Å²) in [7, 11) is -3.20. The minimum Gasteiger partial charge on any atom is -0.489 e. The molecular formula is C28H34N2O5S. The van der Waals surface area contributed by atoms with Crippen molar-refractivity contribution in [1.29, 1.82) is 0 Å². The Labute approximate surface area is 212 Å². The molecular weight excluding hydrogens is 476 g/mol. The van der Waals surface area contributed by atoms with Gasteiger partial charge in [-0.05, 0) is 86.9 Å². The fourth-order valence-electron chi connectivity index (χ4n) is 4.83. The lowest BCUT2D eigenvalue weighted by molar-refractivity contribution is 0.0626. The smallest absolute Gasteiger partial charge is 0.181 e. The highest BCUT2D eigenvalue weighted by atomic mass is 32.2. The summed E-state index contributed by atoms with van der Waals surface area (Å²) >= 11 is 0. The highest BCUT2D eigenvalue weighted by Crippen LogP contribution is 2.37. The van der Waals surface area contributed by atoms with Crippen LogP contribution >= 0.6 is 0 Å². The second-order valence-electron chi connectivity index (χ2n) is 10.0. The van der Waals surface area contributed by atoms with Gasteiger partial charge in [-0.3, -0.25) is 4.98 Å². The molecule has 1 aliphatic heterocycles. The molecule has 2 N–H and O–H groups in total. The molecule has 1 aromatic carbocycles. The van der Waals surface area contributed by atoms with E-state index in [4.69, 9.17) is 9.47 Å². The zero-order valence-corrected chi connectivity index (χ0v) is 21.4. The normalized spacial score (nSPS) is 18.6. The van der Waals surface area contributed by atoms with Crippen LogP contribution in [0.3, 0.4) is 0 Å². The minimum absolute atomic E-state index is 0.119. The second-order valence-corrected chi connectivity index (χ2v) is 12.3. The molecule has 7 nitrogen and oxygen atoms in total. The van der Waals surface area contributed by atoms with Gasteiger partial charge in [0, 0.05) is 24.8 Å². The van der Waals surface area contributed by atoms with Crippen molar-refractivity contribution in [1.82, 2.24) is 9.97 Å². The summed E-state index contributed by atoms with van der Waals surface area (Å²) in [6, 6.07) is 15.4. The standard InChI is InChI=1S/C28H34N2O5S/c1-19(31)18-35-22-4-9-27(29-17-22)28-11-10-26(30-28)25(16-20-12-14-34-15-13-20)21-2-5-23(6-3-21)36(32,33)24-7-8-24/h2-6,9-11,17,19-20,24-25,30-31H,7-8,12-16,18H2,1H3. The minimum atomic E-state index is -3.20. The van der Waals surface area contributed by atoms with Crippen molar-refractivity contribution in [2.24, 2.45) is 5.92 Å². The number of aromatic nitrogens is 2. The van der Waals surface area contributed by atoms with Gasteiger partial charge < -0.3 is 19.6 Å². The van der Waals surface area contributed by atoms with Crippen LogP contribution in [0.15, 0.2) is 59.6 Å². The van der Waals surface area contributed by atoms with Crippen molar-refractivity contribution in [3.63, 3.8) is 0 Å². The van der Waals surface area contributed by atoms with Gasteiger partial charge in [-0.25, -0.2) is 8.42 Å². The molecule has 1 aliphatic carbocycles. The summed E-state index contributed by atoms with van der Waals surface area (Å²) in [4.78, 5) is 8.52. The zero-order chi connectivity index (χ0) is 25.1. The third-order valence-corrected chi connectivity index (χ3v) is 9.35. The topological polar surface area (TPSA) is 102 Å². The van der Waals surface area contributed by atoms with Gasteiger partial charge in [0.2, 0.25) is 0 Å². The van der Waals surface area contributed by atoms with E-state index in [0.717, 1.165) is 68.0 Å². The fraction of sp³-hybridized carbons (Fsp3) is 0.464. The SMILES string of the molecule is CC(O)COc1ccc(-c2ccc(C(CC3CCOCC3)c3ccc(S(=O)(=O)C4CC4)cc3)[nH]2)nc1. The third-order valence-electron chi connectivity index (χ3n) is 7.07. The number of aliphatic hydroxyl groups is 1. The number of rotatable bonds is 10. The van der Waals surface area contributed by atoms with Gasteiger partial charge in [-0.2, -0.15) is 0 Å². The molecule has 2 aliphatic rings. The van der Waals surface area contributed by atoms with E-state index in [1.807, 2.05) is 30.3 Å². The lowest BCUT2D eigenvalue weighted by Crippen LogP contribution is -2.19. The van der Waals surface area contributed by atoms with E-state index in [1.165, 1.54) is 0 Å². The molecule has 1 saturated carbocycles. The van der Waals surface area contributed by atoms with Crippen molar-refractivity contribution in [2.45, 2.75) is 61.2 Å². The molecule has 1 saturated heterocycles. The maximum Gasteiger partial charge on any atom is 0.181 e. The largest absolute Gasteiger partial charge is 0.489 e. The maximum absolute atomic E-state index is 12.7. The average Bonchev–Trinajstić information content (AvgIpc) is 3.66. The number of H-pyrrole nitrogens is 1. The summed E-state index contributed by atoms with van der Waals surface area (Å²) in [6.07, 6.45) is 5.70. The van der Waals surface area contributed by atoms with Crippen LogP contribution in [0.2, 0.25) is 0 Å². The van der Waals surface area contributed by atoms with E-state index in [9.17, 15) is 13.5 Å². The predicted molar refractivity (Wildman–Crippen MR) is 138 cm³/mol. The molecule has 2 aromatic heterocycles. The molecule has 3 heterocycles. The first-order chi connectivity index (χ1) is 17.4. The molecule has 5 rings (SSSR count). The lowest BCUT2D eigenvalue weighted by Gasteiger charge is -2.27. The fourth-order valence-corrected chi connectivity index (χ4v) is 6.48. The van der Waals surface area contributed by atoms with Gasteiger partial charge >= 0.3 is 0 Å². The Morgan fingerprint density at radius 1 is 1.06 bits per heavy atom. The third kappa shape index (κ3) is 5.82. The van der Waals surface area contributed by atoms with E-state index in [1.54, 1.807) is 25.3 Å². The molecule has 192 valence electrons. The number of aliphatic hydroxyl groups excluding tert-OH is 1. The Kier molecular flexibility index (Phi) is 7.46. The molecule has 2 fully saturated rings. The molecule has 3 aromatic rings. The lowest BCUT2D eigenvalue weighted by atomic mass is 9.83. The number of hydrogen-bond acceptors (Lipinski definition) is 6. The van der Waals surface area contributed by atoms with E-state index in [-0.39, 0.29) is 17.8 Å². The van der Waals surface area contributed by atoms with Crippen molar-refractivity contribution in [2.75, 3.05) is 19.8 Å². The van der Waals surface area contributed by atoms with Gasteiger partial charge in [0.1, 0.15) is 12.4 Å². The Bertz CT molecular complexity index is 1240. The summed E-state index contributed by atoms with van der Waals surface area (Å²) in [6.45, 7) is 3.49. The Morgan fingerprint density at radius 2 is 1.81 bits per heavy atom. The molecule has 0 amide bonds. The van der Waals surface area contributed by atoms with Gasteiger partial charge in [0.05, 0.1) is 33.8 Å². The highest BCUT2D eigenvalue weighted by Gasteiger charge is 2.37. The number of ether oxygens (including phenoxy) is 2. The molecule has 2 atom stereocenters. The number of sulfone groups is 1. The van der Waals surface area contributed by atoms with Crippen LogP contribution in [-0.4, -0.2) is 54.7 Å². The summed E-state index contributed by atoms with van der Waals surface area (Å²) in [5.74, 6) is 1.28. The van der Waals surface area contributed by atoms with E-state index in [0.29, 0.717) is 16.6 Å². The van der Waals surface area contributed by atoms with Crippen LogP contribution < -0.4 is 4.74 Å². The van der Waals surface area contributed by atoms with Crippen LogP contribution in [0.25, 0.3) is 11.4 Å². The number of benzene rings is 1. The first kappa shape index (κ1) is 25.0. The average molecular weight is 511 g/mol. The molecule has 0 spiro atoms. The van der Waals surface area contributed by atoms with E-state index < -0.39 is 15.9 Å². The maximum atomic E-state index is 12.7. The van der Waals surface area contributed by atoms with E-state index in [2.05, 4.69) is 16.0 Å². The van der Waals surface area contributed by atoms with Gasteiger partial charge in [0.25, 0.3) is 0 Å². The van der Waals surface area contributed by atoms with Gasteiger partial charge in [0.15, 0.2) is 9.84 Å². The van der Waals surface area contributed by atoms with Crippen LogP contribution in [0, 0.1) is 5.92 Å². The zero-order valence-electron chi connectivity index (χ0n) is 20.6. The van der Waals surface area contributed by atoms with Crippen LogP contribution in [0.1, 0.15) is 56.2 Å². The second kappa shape index (κ2) is 10.7. The van der Waals surface area contributed by atoms with Crippen molar-refractivity contribution in [3.05, 3.63) is 66.0 Å². The summed E-state index contributed by atoms with van der Waals surface area (Å²) in [5.41, 5.74) is 3.92.